The van der Waals surface area contributed by atoms with Gasteiger partial charge in [-0.2, -0.15) is 4.99 Å². The summed E-state index contributed by atoms with van der Waals surface area (Å²) in [5, 5.41) is 3.45. The van der Waals surface area contributed by atoms with E-state index < -0.39 is 17.9 Å². The van der Waals surface area contributed by atoms with Crippen LogP contribution in [0.2, 0.25) is 5.02 Å². The summed E-state index contributed by atoms with van der Waals surface area (Å²) in [5.41, 5.74) is 9.02. The molecule has 1 atom stereocenters. The standard InChI is InChI=1S/C30H26ClN3O2/c31-25-19-17-23(18-20-25)27(30(36)34-28(32)24-15-5-1-2-6-16-24)33-29(35)26(21-11-7-3-8-12-21)22-13-9-4-10-14-22/h1-5,7-20,26-27H,6H2,(H,33,35)(H2,32,34,36). The highest BCUT2D eigenvalue weighted by atomic mass is 35.5. The van der Waals surface area contributed by atoms with Crippen LogP contribution in [0.5, 0.6) is 0 Å². The maximum Gasteiger partial charge on any atom is 0.274 e. The van der Waals surface area contributed by atoms with Crippen LogP contribution in [0.15, 0.2) is 126 Å². The summed E-state index contributed by atoms with van der Waals surface area (Å²) in [5.74, 6) is -1.42. The molecule has 6 heteroatoms. The van der Waals surface area contributed by atoms with E-state index in [2.05, 4.69) is 10.3 Å². The summed E-state index contributed by atoms with van der Waals surface area (Å²) >= 11 is 6.07. The second kappa shape index (κ2) is 12.0. The molecule has 1 aliphatic rings. The highest BCUT2D eigenvalue weighted by Gasteiger charge is 2.29. The summed E-state index contributed by atoms with van der Waals surface area (Å²) in [6, 6.07) is 24.6. The van der Waals surface area contributed by atoms with Gasteiger partial charge in [0.15, 0.2) is 0 Å². The van der Waals surface area contributed by atoms with Crippen LogP contribution in [0, 0.1) is 0 Å². The Bertz CT molecular complexity index is 1290. The van der Waals surface area contributed by atoms with Crippen molar-refractivity contribution in [3.8, 4) is 0 Å². The molecule has 36 heavy (non-hydrogen) atoms. The zero-order valence-electron chi connectivity index (χ0n) is 19.6. The number of aliphatic imine (C=N–C) groups is 1. The maximum atomic E-state index is 13.7. The van der Waals surface area contributed by atoms with E-state index in [-0.39, 0.29) is 11.7 Å². The SMILES string of the molecule is NC(=NC(=O)C(NC(=O)C(c1ccccc1)c1ccccc1)c1ccc(Cl)cc1)C1=CCC=CC=C1. The van der Waals surface area contributed by atoms with Crippen LogP contribution in [0.4, 0.5) is 0 Å². The fourth-order valence-corrected chi connectivity index (χ4v) is 4.10. The average molecular weight is 496 g/mol. The van der Waals surface area contributed by atoms with Crippen molar-refractivity contribution in [1.29, 1.82) is 0 Å². The quantitative estimate of drug-likeness (QED) is 0.328. The minimum Gasteiger partial charge on any atom is -0.383 e. The van der Waals surface area contributed by atoms with Crippen molar-refractivity contribution < 1.29 is 9.59 Å². The van der Waals surface area contributed by atoms with Crippen molar-refractivity contribution in [2.75, 3.05) is 0 Å². The molecule has 3 aromatic rings. The molecule has 0 fully saturated rings. The average Bonchev–Trinajstić information content (AvgIpc) is 3.19. The number of amides is 2. The van der Waals surface area contributed by atoms with Gasteiger partial charge in [-0.05, 0) is 35.2 Å². The molecule has 5 nitrogen and oxygen atoms in total. The second-order valence-electron chi connectivity index (χ2n) is 8.27. The summed E-state index contributed by atoms with van der Waals surface area (Å²) in [6.07, 6.45) is 10.1. The van der Waals surface area contributed by atoms with Crippen molar-refractivity contribution in [2.45, 2.75) is 18.4 Å². The van der Waals surface area contributed by atoms with Crippen LogP contribution in [0.3, 0.4) is 0 Å². The number of carbonyl (C=O) groups is 2. The minimum absolute atomic E-state index is 0.0934. The van der Waals surface area contributed by atoms with Crippen LogP contribution in [-0.4, -0.2) is 17.6 Å². The fraction of sp³-hybridized carbons (Fsp3) is 0.100. The van der Waals surface area contributed by atoms with Gasteiger partial charge in [0, 0.05) is 10.6 Å². The highest BCUT2D eigenvalue weighted by Crippen LogP contribution is 2.27. The number of hydrogen-bond donors (Lipinski definition) is 2. The van der Waals surface area contributed by atoms with Gasteiger partial charge in [-0.3, -0.25) is 9.59 Å². The number of nitrogens with two attached hydrogens (primary N) is 1. The summed E-state index contributed by atoms with van der Waals surface area (Å²) < 4.78 is 0. The maximum absolute atomic E-state index is 13.7. The first-order chi connectivity index (χ1) is 17.5. The first kappa shape index (κ1) is 24.9. The molecule has 1 aliphatic carbocycles. The van der Waals surface area contributed by atoms with Gasteiger partial charge >= 0.3 is 0 Å². The number of allylic oxidation sites excluding steroid dienone is 4. The second-order valence-corrected chi connectivity index (χ2v) is 8.70. The van der Waals surface area contributed by atoms with Crippen molar-refractivity contribution in [2.24, 2.45) is 10.7 Å². The molecule has 4 rings (SSSR count). The Hall–Kier alpha value is -4.22. The number of benzene rings is 3. The van der Waals surface area contributed by atoms with Gasteiger partial charge in [-0.25, -0.2) is 0 Å². The van der Waals surface area contributed by atoms with Crippen molar-refractivity contribution in [3.63, 3.8) is 0 Å². The number of nitrogens with one attached hydrogen (secondary N) is 1. The normalized spacial score (nSPS) is 14.2. The molecule has 0 heterocycles. The van der Waals surface area contributed by atoms with Gasteiger partial charge in [-0.1, -0.05) is 115 Å². The topological polar surface area (TPSA) is 84.5 Å². The van der Waals surface area contributed by atoms with Gasteiger partial charge in [0.05, 0.1) is 5.92 Å². The lowest BCUT2D eigenvalue weighted by molar-refractivity contribution is -0.127. The molecule has 0 aliphatic heterocycles. The number of hydrogen-bond acceptors (Lipinski definition) is 2. The van der Waals surface area contributed by atoms with Gasteiger partial charge in [0.25, 0.3) is 5.91 Å². The molecule has 0 radical (unpaired) electrons. The van der Waals surface area contributed by atoms with Gasteiger partial charge in [-0.15, -0.1) is 0 Å². The predicted octanol–water partition coefficient (Wildman–Crippen LogP) is 5.66. The summed E-state index contributed by atoms with van der Waals surface area (Å²) in [4.78, 5) is 31.3. The summed E-state index contributed by atoms with van der Waals surface area (Å²) in [7, 11) is 0. The highest BCUT2D eigenvalue weighted by molar-refractivity contribution is 6.30. The molecular formula is C30H26ClN3O2. The Morgan fingerprint density at radius 1 is 0.833 bits per heavy atom. The van der Waals surface area contributed by atoms with Crippen LogP contribution in [0.1, 0.15) is 35.1 Å². The first-order valence-electron chi connectivity index (χ1n) is 11.6. The van der Waals surface area contributed by atoms with Crippen molar-refractivity contribution >= 4 is 29.3 Å². The third-order valence-electron chi connectivity index (χ3n) is 5.79. The van der Waals surface area contributed by atoms with E-state index in [4.69, 9.17) is 17.3 Å². The molecular weight excluding hydrogens is 470 g/mol. The number of rotatable bonds is 7. The van der Waals surface area contributed by atoms with Crippen LogP contribution < -0.4 is 11.1 Å². The van der Waals surface area contributed by atoms with Crippen molar-refractivity contribution in [3.05, 3.63) is 143 Å². The van der Waals surface area contributed by atoms with E-state index >= 15 is 0 Å². The molecule has 0 spiro atoms. The molecule has 1 unspecified atom stereocenters. The lowest BCUT2D eigenvalue weighted by atomic mass is 9.90. The van der Waals surface area contributed by atoms with E-state index in [1.54, 1.807) is 30.3 Å². The lowest BCUT2D eigenvalue weighted by Crippen LogP contribution is -2.37. The van der Waals surface area contributed by atoms with E-state index in [9.17, 15) is 9.59 Å². The summed E-state index contributed by atoms with van der Waals surface area (Å²) in [6.45, 7) is 0. The van der Waals surface area contributed by atoms with Gasteiger partial charge in [0.1, 0.15) is 11.9 Å². The molecule has 0 saturated heterocycles. The Balaban J connectivity index is 1.68. The Morgan fingerprint density at radius 3 is 2.06 bits per heavy atom. The molecule has 3 N–H and O–H groups in total. The molecule has 2 amide bonds. The van der Waals surface area contributed by atoms with E-state index in [0.717, 1.165) is 11.1 Å². The van der Waals surface area contributed by atoms with Gasteiger partial charge < -0.3 is 11.1 Å². The zero-order chi connectivity index (χ0) is 25.3. The molecule has 0 aromatic heterocycles. The Kier molecular flexibility index (Phi) is 8.27. The monoisotopic (exact) mass is 495 g/mol. The third-order valence-corrected chi connectivity index (χ3v) is 6.04. The largest absolute Gasteiger partial charge is 0.383 e. The third kappa shape index (κ3) is 6.26. The molecule has 0 bridgehead atoms. The number of carbonyl (C=O) groups excluding carboxylic acids is 2. The van der Waals surface area contributed by atoms with E-state index in [0.29, 0.717) is 22.6 Å². The molecule has 3 aromatic carbocycles. The smallest absolute Gasteiger partial charge is 0.274 e. The van der Waals surface area contributed by atoms with Crippen LogP contribution >= 0.6 is 11.6 Å². The fourth-order valence-electron chi connectivity index (χ4n) is 3.97. The number of halogens is 1. The molecule has 0 saturated carbocycles. The number of nitrogens with zero attached hydrogens (tertiary/aromatic N) is 1. The van der Waals surface area contributed by atoms with Crippen LogP contribution in [-0.2, 0) is 9.59 Å². The Morgan fingerprint density at radius 2 is 1.44 bits per heavy atom. The lowest BCUT2D eigenvalue weighted by Gasteiger charge is -2.22. The van der Waals surface area contributed by atoms with Gasteiger partial charge in [0.2, 0.25) is 5.91 Å². The molecule has 180 valence electrons. The van der Waals surface area contributed by atoms with Crippen LogP contribution in [0.25, 0.3) is 0 Å². The first-order valence-corrected chi connectivity index (χ1v) is 12.0. The Labute approximate surface area is 215 Å². The zero-order valence-corrected chi connectivity index (χ0v) is 20.3. The van der Waals surface area contributed by atoms with E-state index in [1.807, 2.05) is 85.0 Å². The van der Waals surface area contributed by atoms with E-state index in [1.165, 1.54) is 0 Å². The predicted molar refractivity (Wildman–Crippen MR) is 145 cm³/mol. The van der Waals surface area contributed by atoms with Crippen molar-refractivity contribution in [1.82, 2.24) is 5.32 Å². The minimum atomic E-state index is -1.04. The number of amidine groups is 1.